The molecule has 0 amide bonds. The summed E-state index contributed by atoms with van der Waals surface area (Å²) >= 11 is 0. The fourth-order valence-electron chi connectivity index (χ4n) is 2.48. The molecule has 3 heteroatoms. The minimum absolute atomic E-state index is 0. The Bertz CT molecular complexity index is 766. The zero-order chi connectivity index (χ0) is 26.6. The van der Waals surface area contributed by atoms with E-state index in [1.807, 2.05) is 59.7 Å². The van der Waals surface area contributed by atoms with Crippen LogP contribution in [-0.4, -0.2) is 0 Å². The normalized spacial score (nSPS) is 7.75. The Balaban J connectivity index is -0.0000000816. The van der Waals surface area contributed by atoms with Gasteiger partial charge in [0.2, 0.25) is 0 Å². The van der Waals surface area contributed by atoms with Gasteiger partial charge in [0.15, 0.2) is 0 Å². The van der Waals surface area contributed by atoms with Gasteiger partial charge in [0.1, 0.15) is 0 Å². The van der Waals surface area contributed by atoms with Gasteiger partial charge in [0.05, 0.1) is 0 Å². The summed E-state index contributed by atoms with van der Waals surface area (Å²) in [6.45, 7) is 30.8. The van der Waals surface area contributed by atoms with Gasteiger partial charge >= 0.3 is 0 Å². The van der Waals surface area contributed by atoms with Crippen LogP contribution in [0.4, 0.5) is 0 Å². The van der Waals surface area contributed by atoms with Crippen molar-refractivity contribution < 1.29 is 98.1 Å². The quantitative estimate of drug-likeness (QED) is 0.204. The van der Waals surface area contributed by atoms with Crippen LogP contribution in [0.15, 0.2) is 36.4 Å². The standard InChI is InChI=1S/3C9H11.3C2H6.3Y/c3*1-7-4-5-8(2)9(3)6-7;3*1-2;;;/h3*4,6H,1-3H3;3*1-2H3;;;/q3*-1;;;;;;. The predicted octanol–water partition coefficient (Wildman–Crippen LogP) is 10.3. The van der Waals surface area contributed by atoms with Gasteiger partial charge in [-0.3, -0.25) is 0 Å². The molecule has 0 atom stereocenters. The van der Waals surface area contributed by atoms with E-state index in [0.29, 0.717) is 0 Å². The van der Waals surface area contributed by atoms with Crippen LogP contribution >= 0.6 is 0 Å². The van der Waals surface area contributed by atoms with Crippen molar-refractivity contribution in [2.45, 2.75) is 104 Å². The van der Waals surface area contributed by atoms with Gasteiger partial charge in [-0.1, -0.05) is 104 Å². The minimum atomic E-state index is 0. The molecular formula is C33H51Y3-3. The summed E-state index contributed by atoms with van der Waals surface area (Å²) in [7, 11) is 0. The zero-order valence-electron chi connectivity index (χ0n) is 26.2. The van der Waals surface area contributed by atoms with Crippen molar-refractivity contribution in [2.24, 2.45) is 0 Å². The molecule has 0 aliphatic heterocycles. The molecule has 195 valence electrons. The Morgan fingerprint density at radius 3 is 0.639 bits per heavy atom. The van der Waals surface area contributed by atoms with Crippen molar-refractivity contribution in [1.29, 1.82) is 0 Å². The second-order valence-electron chi connectivity index (χ2n) is 7.46. The molecule has 3 aromatic carbocycles. The van der Waals surface area contributed by atoms with Crippen molar-refractivity contribution in [3.63, 3.8) is 0 Å². The van der Waals surface area contributed by atoms with E-state index < -0.39 is 0 Å². The molecule has 0 spiro atoms. The molecule has 0 aromatic heterocycles. The fraction of sp³-hybridized carbons (Fsp3) is 0.455. The maximum atomic E-state index is 3.17. The second-order valence-corrected chi connectivity index (χ2v) is 7.46. The second kappa shape index (κ2) is 32.2. The third-order valence-corrected chi connectivity index (χ3v) is 4.66. The van der Waals surface area contributed by atoms with Gasteiger partial charge < -0.3 is 0 Å². The predicted molar refractivity (Wildman–Crippen MR) is 153 cm³/mol. The fourth-order valence-corrected chi connectivity index (χ4v) is 2.48. The van der Waals surface area contributed by atoms with Crippen LogP contribution in [0.1, 0.15) is 91.6 Å². The maximum absolute atomic E-state index is 3.17. The Labute approximate surface area is 302 Å². The summed E-state index contributed by atoms with van der Waals surface area (Å²) in [4.78, 5) is 0. The summed E-state index contributed by atoms with van der Waals surface area (Å²) in [5, 5.41) is 0. The molecule has 0 N–H and O–H groups in total. The Morgan fingerprint density at radius 1 is 0.361 bits per heavy atom. The molecule has 0 saturated carbocycles. The summed E-state index contributed by atoms with van der Waals surface area (Å²) in [6.07, 6.45) is 0. The average Bonchev–Trinajstić information content (AvgIpc) is 2.81. The van der Waals surface area contributed by atoms with E-state index in [1.54, 1.807) is 0 Å². The van der Waals surface area contributed by atoms with E-state index in [4.69, 9.17) is 0 Å². The topological polar surface area (TPSA) is 0 Å². The van der Waals surface area contributed by atoms with Gasteiger partial charge in [0.25, 0.3) is 0 Å². The van der Waals surface area contributed by atoms with Crippen LogP contribution in [-0.2, 0) is 98.1 Å². The first-order chi connectivity index (χ1) is 15.6. The molecule has 0 nitrogen and oxygen atoms in total. The molecule has 0 aliphatic carbocycles. The monoisotopic (exact) mass is 714 g/mol. The summed E-state index contributed by atoms with van der Waals surface area (Å²) in [5.74, 6) is 0. The number of hydrogen-bond donors (Lipinski definition) is 0. The van der Waals surface area contributed by atoms with E-state index in [9.17, 15) is 0 Å². The van der Waals surface area contributed by atoms with Crippen LogP contribution in [0.5, 0.6) is 0 Å². The molecule has 0 aliphatic rings. The third-order valence-electron chi connectivity index (χ3n) is 4.66. The van der Waals surface area contributed by atoms with Crippen LogP contribution in [0.3, 0.4) is 0 Å². The zero-order valence-corrected chi connectivity index (χ0v) is 34.7. The van der Waals surface area contributed by atoms with Crippen molar-refractivity contribution >= 4 is 0 Å². The number of hydrogen-bond acceptors (Lipinski definition) is 0. The Hall–Kier alpha value is 0.972. The van der Waals surface area contributed by atoms with Crippen LogP contribution in [0.2, 0.25) is 0 Å². The largest absolute Gasteiger partial charge is 0.180 e. The van der Waals surface area contributed by atoms with E-state index in [2.05, 4.69) is 98.7 Å². The van der Waals surface area contributed by atoms with Gasteiger partial charge in [-0.25, -0.2) is 0 Å². The minimum Gasteiger partial charge on any atom is -0.180 e. The first-order valence-corrected chi connectivity index (χ1v) is 12.5. The molecule has 3 aromatic rings. The van der Waals surface area contributed by atoms with E-state index in [0.717, 1.165) is 0 Å². The first kappa shape index (κ1) is 49.9. The molecule has 0 fully saturated rings. The van der Waals surface area contributed by atoms with Crippen LogP contribution in [0, 0.1) is 80.5 Å². The van der Waals surface area contributed by atoms with Crippen molar-refractivity contribution in [3.8, 4) is 0 Å². The number of aryl methyl sites for hydroxylation is 9. The molecule has 3 radical (unpaired) electrons. The molecule has 3 rings (SSSR count). The Kier molecular flexibility index (Phi) is 44.6. The van der Waals surface area contributed by atoms with E-state index in [1.165, 1.54) is 50.1 Å². The van der Waals surface area contributed by atoms with Crippen LogP contribution in [0.25, 0.3) is 0 Å². The summed E-state index contributed by atoms with van der Waals surface area (Å²) in [5.41, 5.74) is 11.6. The van der Waals surface area contributed by atoms with Gasteiger partial charge in [-0.2, -0.15) is 105 Å². The molecule has 0 unspecified atom stereocenters. The molecule has 36 heavy (non-hydrogen) atoms. The van der Waals surface area contributed by atoms with Gasteiger partial charge in [0, 0.05) is 98.1 Å². The maximum Gasteiger partial charge on any atom is 0 e. The number of rotatable bonds is 0. The van der Waals surface area contributed by atoms with Gasteiger partial charge in [-0.05, 0) is 0 Å². The molecule has 0 bridgehead atoms. The molecule has 0 heterocycles. The third kappa shape index (κ3) is 25.3. The van der Waals surface area contributed by atoms with Crippen molar-refractivity contribution in [2.75, 3.05) is 0 Å². The average molecular weight is 714 g/mol. The van der Waals surface area contributed by atoms with Crippen LogP contribution < -0.4 is 0 Å². The summed E-state index contributed by atoms with van der Waals surface area (Å²) < 4.78 is 0. The molecule has 0 saturated heterocycles. The van der Waals surface area contributed by atoms with Crippen molar-refractivity contribution in [3.05, 3.63) is 105 Å². The van der Waals surface area contributed by atoms with E-state index >= 15 is 0 Å². The molecular weight excluding hydrogens is 663 g/mol. The Morgan fingerprint density at radius 2 is 0.528 bits per heavy atom. The van der Waals surface area contributed by atoms with E-state index in [-0.39, 0.29) is 98.1 Å². The summed E-state index contributed by atoms with van der Waals surface area (Å²) in [6, 6.07) is 22.1. The van der Waals surface area contributed by atoms with Crippen molar-refractivity contribution in [1.82, 2.24) is 0 Å². The first-order valence-electron chi connectivity index (χ1n) is 12.5. The number of benzene rings is 3. The SMILES string of the molecule is CC.CC.CC.Cc1c[c-]c(C)c(C)c1.Cc1c[c-]c(C)c(C)c1.Cc1c[c-]c(C)c(C)c1.[Y].[Y].[Y]. The smallest absolute Gasteiger partial charge is 0 e. The van der Waals surface area contributed by atoms with Gasteiger partial charge in [-0.15, -0.1) is 0 Å².